The molecule has 0 bridgehead atoms. The molecule has 3 aromatic rings. The van der Waals surface area contributed by atoms with Crippen LogP contribution in [-0.4, -0.2) is 29.0 Å². The van der Waals surface area contributed by atoms with E-state index in [1.807, 2.05) is 6.07 Å². The Morgan fingerprint density at radius 3 is 2.93 bits per heavy atom. The summed E-state index contributed by atoms with van der Waals surface area (Å²) in [4.78, 5) is 14.7. The average Bonchev–Trinajstić information content (AvgIpc) is 3.26. The zero-order chi connectivity index (χ0) is 19.5. The van der Waals surface area contributed by atoms with Crippen molar-refractivity contribution in [1.82, 2.24) is 10.3 Å². The molecular weight excluding hydrogens is 384 g/mol. The van der Waals surface area contributed by atoms with Gasteiger partial charge in [-0.3, -0.25) is 4.79 Å². The zero-order valence-corrected chi connectivity index (χ0v) is 17.4. The second kappa shape index (κ2) is 9.40. The first-order valence-electron chi connectivity index (χ1n) is 9.90. The predicted molar refractivity (Wildman–Crippen MR) is 121 cm³/mol. The van der Waals surface area contributed by atoms with Crippen molar-refractivity contribution >= 4 is 35.2 Å². The van der Waals surface area contributed by atoms with Crippen molar-refractivity contribution < 1.29 is 9.90 Å². The molecule has 1 heterocycles. The van der Waals surface area contributed by atoms with Gasteiger partial charge in [0.25, 0.3) is 0 Å². The maximum absolute atomic E-state index is 11.2. The molecular formula is C24H27ClN2O2. The highest BCUT2D eigenvalue weighted by Gasteiger charge is 2.22. The second-order valence-electron chi connectivity index (χ2n) is 7.49. The molecule has 0 fully saturated rings. The summed E-state index contributed by atoms with van der Waals surface area (Å²) in [5.41, 5.74) is 7.58. The standard InChI is InChI=1S/C24H26N2O2.ClH/c1-16-20(22-4-2-3-5-24(22)26-16)12-13-25-23-11-8-18-14-17(7-10-21(18)23)6-9-19(28)15-27;/h2-7,9-10,14,23,25-27H,8,11-13,15H2,1H3;1H/b9-6+;. The van der Waals surface area contributed by atoms with Crippen LogP contribution in [0.1, 0.15) is 40.4 Å². The number of fused-ring (bicyclic) bond motifs is 2. The first kappa shape index (κ1) is 21.3. The SMILES string of the molecule is Cc1[nH]c2ccccc2c1CCNC1CCc2cc(/C=C/C(=O)CO)ccc21.Cl. The van der Waals surface area contributed by atoms with E-state index in [-0.39, 0.29) is 18.2 Å². The van der Waals surface area contributed by atoms with E-state index in [0.717, 1.165) is 31.4 Å². The third-order valence-electron chi connectivity index (χ3n) is 5.66. The van der Waals surface area contributed by atoms with Crippen LogP contribution >= 0.6 is 12.4 Å². The summed E-state index contributed by atoms with van der Waals surface area (Å²) < 4.78 is 0. The average molecular weight is 411 g/mol. The molecule has 3 N–H and O–H groups in total. The summed E-state index contributed by atoms with van der Waals surface area (Å²) in [6, 6.07) is 15.2. The molecule has 29 heavy (non-hydrogen) atoms. The van der Waals surface area contributed by atoms with Crippen molar-refractivity contribution in [2.24, 2.45) is 0 Å². The Morgan fingerprint density at radius 2 is 2.10 bits per heavy atom. The first-order chi connectivity index (χ1) is 13.7. The highest BCUT2D eigenvalue weighted by Crippen LogP contribution is 2.32. The Bertz CT molecular complexity index is 1040. The number of carbonyl (C=O) groups is 1. The Balaban J connectivity index is 0.00000240. The van der Waals surface area contributed by atoms with Crippen molar-refractivity contribution in [3.63, 3.8) is 0 Å². The number of aliphatic hydroxyl groups excluding tert-OH is 1. The third-order valence-corrected chi connectivity index (χ3v) is 5.66. The Hall–Kier alpha value is -2.40. The lowest BCUT2D eigenvalue weighted by atomic mass is 10.0. The molecule has 0 aliphatic heterocycles. The number of halogens is 1. The van der Waals surface area contributed by atoms with Gasteiger partial charge in [0, 0.05) is 22.6 Å². The number of aryl methyl sites for hydroxylation is 2. The molecule has 0 saturated carbocycles. The van der Waals surface area contributed by atoms with Gasteiger partial charge in [0.05, 0.1) is 0 Å². The van der Waals surface area contributed by atoms with Crippen LogP contribution in [0.25, 0.3) is 17.0 Å². The van der Waals surface area contributed by atoms with Gasteiger partial charge < -0.3 is 15.4 Å². The van der Waals surface area contributed by atoms with E-state index in [4.69, 9.17) is 5.11 Å². The second-order valence-corrected chi connectivity index (χ2v) is 7.49. The molecule has 4 rings (SSSR count). The fourth-order valence-electron chi connectivity index (χ4n) is 4.22. The van der Waals surface area contributed by atoms with Gasteiger partial charge in [-0.25, -0.2) is 0 Å². The van der Waals surface area contributed by atoms with Crippen molar-refractivity contribution in [1.29, 1.82) is 0 Å². The maximum Gasteiger partial charge on any atom is 0.181 e. The summed E-state index contributed by atoms with van der Waals surface area (Å²) in [7, 11) is 0. The lowest BCUT2D eigenvalue weighted by Gasteiger charge is -2.14. The van der Waals surface area contributed by atoms with Crippen LogP contribution in [-0.2, 0) is 17.6 Å². The van der Waals surface area contributed by atoms with Gasteiger partial charge >= 0.3 is 0 Å². The van der Waals surface area contributed by atoms with Gasteiger partial charge in [-0.05, 0) is 67.1 Å². The van der Waals surface area contributed by atoms with Gasteiger partial charge in [0.1, 0.15) is 6.61 Å². The number of aliphatic hydroxyl groups is 1. The monoisotopic (exact) mass is 410 g/mol. The van der Waals surface area contributed by atoms with Crippen LogP contribution in [0, 0.1) is 6.92 Å². The van der Waals surface area contributed by atoms with Crippen molar-refractivity contribution in [2.75, 3.05) is 13.2 Å². The number of hydrogen-bond donors (Lipinski definition) is 3. The first-order valence-corrected chi connectivity index (χ1v) is 9.90. The van der Waals surface area contributed by atoms with Crippen molar-refractivity contribution in [3.8, 4) is 0 Å². The quantitative estimate of drug-likeness (QED) is 0.509. The molecule has 0 amide bonds. The molecule has 4 nitrogen and oxygen atoms in total. The normalized spacial score (nSPS) is 15.6. The van der Waals surface area contributed by atoms with Crippen LogP contribution < -0.4 is 5.32 Å². The number of carbonyl (C=O) groups excluding carboxylic acids is 1. The molecule has 0 radical (unpaired) electrons. The van der Waals surface area contributed by atoms with Crippen LogP contribution in [0.3, 0.4) is 0 Å². The molecule has 1 aliphatic rings. The summed E-state index contributed by atoms with van der Waals surface area (Å²) in [6.07, 6.45) is 6.38. The number of aromatic nitrogens is 1. The van der Waals surface area contributed by atoms with E-state index in [9.17, 15) is 4.79 Å². The number of aromatic amines is 1. The van der Waals surface area contributed by atoms with Crippen LogP contribution in [0.5, 0.6) is 0 Å². The van der Waals surface area contributed by atoms with Crippen LogP contribution in [0.15, 0.2) is 48.5 Å². The molecule has 5 heteroatoms. The number of para-hydroxylation sites is 1. The largest absolute Gasteiger partial charge is 0.388 e. The number of benzene rings is 2. The molecule has 1 aliphatic carbocycles. The van der Waals surface area contributed by atoms with E-state index in [0.29, 0.717) is 6.04 Å². The van der Waals surface area contributed by atoms with Crippen LogP contribution in [0.4, 0.5) is 0 Å². The lowest BCUT2D eigenvalue weighted by molar-refractivity contribution is -0.117. The Labute approximate surface area is 177 Å². The van der Waals surface area contributed by atoms with Crippen LogP contribution in [0.2, 0.25) is 0 Å². The van der Waals surface area contributed by atoms with Crippen molar-refractivity contribution in [2.45, 2.75) is 32.2 Å². The molecule has 2 aromatic carbocycles. The molecule has 0 spiro atoms. The Kier molecular flexibility index (Phi) is 6.91. The minimum atomic E-state index is -0.441. The molecule has 152 valence electrons. The predicted octanol–water partition coefficient (Wildman–Crippen LogP) is 4.29. The maximum atomic E-state index is 11.2. The Morgan fingerprint density at radius 1 is 1.28 bits per heavy atom. The van der Waals surface area contributed by atoms with Gasteiger partial charge in [0.2, 0.25) is 0 Å². The van der Waals surface area contributed by atoms with E-state index >= 15 is 0 Å². The minimum Gasteiger partial charge on any atom is -0.388 e. The third kappa shape index (κ3) is 4.61. The van der Waals surface area contributed by atoms with E-state index in [1.54, 1.807) is 6.08 Å². The molecule has 1 unspecified atom stereocenters. The number of hydrogen-bond acceptors (Lipinski definition) is 3. The molecule has 0 saturated heterocycles. The van der Waals surface area contributed by atoms with Crippen molar-refractivity contribution in [3.05, 3.63) is 76.5 Å². The van der Waals surface area contributed by atoms with E-state index in [1.165, 1.54) is 39.4 Å². The van der Waals surface area contributed by atoms with Gasteiger partial charge in [-0.1, -0.05) is 42.5 Å². The van der Waals surface area contributed by atoms with E-state index < -0.39 is 6.61 Å². The number of H-pyrrole nitrogens is 1. The van der Waals surface area contributed by atoms with Gasteiger partial charge in [-0.2, -0.15) is 0 Å². The smallest absolute Gasteiger partial charge is 0.181 e. The molecule has 1 aromatic heterocycles. The minimum absolute atomic E-state index is 0. The fraction of sp³-hybridized carbons (Fsp3) is 0.292. The fourth-order valence-corrected chi connectivity index (χ4v) is 4.22. The summed E-state index contributed by atoms with van der Waals surface area (Å²) in [5, 5.41) is 13.9. The van der Waals surface area contributed by atoms with Gasteiger partial charge in [-0.15, -0.1) is 12.4 Å². The highest BCUT2D eigenvalue weighted by atomic mass is 35.5. The molecule has 1 atom stereocenters. The topological polar surface area (TPSA) is 65.1 Å². The highest BCUT2D eigenvalue weighted by molar-refractivity contribution is 5.94. The van der Waals surface area contributed by atoms with Gasteiger partial charge in [0.15, 0.2) is 5.78 Å². The summed E-state index contributed by atoms with van der Waals surface area (Å²) in [6.45, 7) is 2.65. The zero-order valence-electron chi connectivity index (χ0n) is 16.6. The number of rotatable bonds is 7. The number of nitrogens with one attached hydrogen (secondary N) is 2. The number of ketones is 1. The summed E-state index contributed by atoms with van der Waals surface area (Å²) >= 11 is 0. The van der Waals surface area contributed by atoms with E-state index in [2.05, 4.69) is 53.6 Å². The summed E-state index contributed by atoms with van der Waals surface area (Å²) in [5.74, 6) is -0.271. The lowest BCUT2D eigenvalue weighted by Crippen LogP contribution is -2.22.